The SMILES string of the molecule is CO[C@H](c1ccc(NC(=O)c2cccc(C#N)c2)nc1)c1nc2ncc(C(F)(F)F)cc2[nH]1. The molecule has 1 aromatic carbocycles. The number of halogens is 3. The number of H-pyrrole nitrogens is 1. The first kappa shape index (κ1) is 21.9. The van der Waals surface area contributed by atoms with E-state index in [1.807, 2.05) is 6.07 Å². The van der Waals surface area contributed by atoms with Gasteiger partial charge in [-0.1, -0.05) is 12.1 Å². The van der Waals surface area contributed by atoms with Gasteiger partial charge in [0.1, 0.15) is 17.7 Å². The Hall–Kier alpha value is -4.30. The molecule has 0 radical (unpaired) electrons. The maximum absolute atomic E-state index is 12.9. The molecular formula is C22H15F3N6O2. The number of hydrogen-bond donors (Lipinski definition) is 2. The normalized spacial score (nSPS) is 12.3. The molecule has 8 nitrogen and oxygen atoms in total. The van der Waals surface area contributed by atoms with Gasteiger partial charge in [-0.25, -0.2) is 15.0 Å². The molecule has 166 valence electrons. The van der Waals surface area contributed by atoms with E-state index >= 15 is 0 Å². The third kappa shape index (κ3) is 4.65. The number of imidazole rings is 1. The Morgan fingerprint density at radius 1 is 1.18 bits per heavy atom. The summed E-state index contributed by atoms with van der Waals surface area (Å²) in [6, 6.07) is 12.3. The number of nitriles is 1. The lowest BCUT2D eigenvalue weighted by molar-refractivity contribution is -0.137. The van der Waals surface area contributed by atoms with Crippen LogP contribution in [0.3, 0.4) is 0 Å². The first-order chi connectivity index (χ1) is 15.8. The number of nitrogens with one attached hydrogen (secondary N) is 2. The van der Waals surface area contributed by atoms with E-state index in [2.05, 4.69) is 25.3 Å². The molecule has 2 N–H and O–H groups in total. The van der Waals surface area contributed by atoms with E-state index in [1.165, 1.54) is 19.4 Å². The van der Waals surface area contributed by atoms with Gasteiger partial charge in [0.05, 0.1) is 22.7 Å². The number of carbonyl (C=O) groups is 1. The molecule has 0 aliphatic carbocycles. The Labute approximate surface area is 185 Å². The Morgan fingerprint density at radius 3 is 2.67 bits per heavy atom. The molecule has 0 unspecified atom stereocenters. The van der Waals surface area contributed by atoms with Crippen molar-refractivity contribution in [2.75, 3.05) is 12.4 Å². The molecule has 0 saturated carbocycles. The van der Waals surface area contributed by atoms with E-state index in [-0.39, 0.29) is 22.8 Å². The fourth-order valence-corrected chi connectivity index (χ4v) is 3.16. The van der Waals surface area contributed by atoms with Crippen LogP contribution in [0.15, 0.2) is 54.9 Å². The number of methoxy groups -OCH3 is 1. The van der Waals surface area contributed by atoms with Gasteiger partial charge in [-0.05, 0) is 30.3 Å². The van der Waals surface area contributed by atoms with Crippen LogP contribution < -0.4 is 5.32 Å². The second-order valence-electron chi connectivity index (χ2n) is 6.95. The zero-order valence-corrected chi connectivity index (χ0v) is 17.0. The Bertz CT molecular complexity index is 1360. The molecular weight excluding hydrogens is 437 g/mol. The number of carbonyl (C=O) groups excluding carboxylic acids is 1. The predicted molar refractivity (Wildman–Crippen MR) is 111 cm³/mol. The molecule has 0 saturated heterocycles. The molecule has 3 aromatic heterocycles. The largest absolute Gasteiger partial charge is 0.417 e. The van der Waals surface area contributed by atoms with Crippen LogP contribution in [0, 0.1) is 11.3 Å². The van der Waals surface area contributed by atoms with Gasteiger partial charge in [0.25, 0.3) is 5.91 Å². The van der Waals surface area contributed by atoms with Crippen LogP contribution in [0.5, 0.6) is 0 Å². The first-order valence-electron chi connectivity index (χ1n) is 9.51. The van der Waals surface area contributed by atoms with E-state index in [4.69, 9.17) is 10.00 Å². The minimum atomic E-state index is -4.52. The van der Waals surface area contributed by atoms with Crippen molar-refractivity contribution in [3.63, 3.8) is 0 Å². The van der Waals surface area contributed by atoms with Gasteiger partial charge in [-0.15, -0.1) is 0 Å². The standard InChI is InChI=1S/C22H15F3N6O2/c1-33-18(20-29-16-8-15(22(23,24)25)11-28-19(16)31-20)14-5-6-17(27-10-14)30-21(32)13-4-2-3-12(7-13)9-26/h2-8,10-11,18H,1H3,(H,27,30,32)(H,28,29,31)/t18-/m1/s1. The molecule has 0 aliphatic rings. The maximum atomic E-state index is 12.9. The fourth-order valence-electron chi connectivity index (χ4n) is 3.16. The smallest absolute Gasteiger partial charge is 0.369 e. The fraction of sp³-hybridized carbons (Fsp3) is 0.136. The van der Waals surface area contributed by atoms with Crippen molar-refractivity contribution in [2.24, 2.45) is 0 Å². The van der Waals surface area contributed by atoms with Crippen LogP contribution in [0.1, 0.15) is 39.0 Å². The van der Waals surface area contributed by atoms with Gasteiger partial charge in [0, 0.05) is 30.6 Å². The van der Waals surface area contributed by atoms with Crippen LogP contribution >= 0.6 is 0 Å². The second-order valence-corrected chi connectivity index (χ2v) is 6.95. The Morgan fingerprint density at radius 2 is 2.00 bits per heavy atom. The molecule has 3 heterocycles. The lowest BCUT2D eigenvalue weighted by Gasteiger charge is -2.13. The number of hydrogen-bond acceptors (Lipinski definition) is 6. The maximum Gasteiger partial charge on any atom is 0.417 e. The molecule has 0 bridgehead atoms. The van der Waals surface area contributed by atoms with Crippen LogP contribution in [0.4, 0.5) is 19.0 Å². The van der Waals surface area contributed by atoms with E-state index < -0.39 is 23.8 Å². The molecule has 4 rings (SSSR count). The summed E-state index contributed by atoms with van der Waals surface area (Å²) < 4.78 is 44.3. The number of ether oxygens (including phenoxy) is 1. The number of nitrogens with zero attached hydrogens (tertiary/aromatic N) is 4. The average molecular weight is 452 g/mol. The summed E-state index contributed by atoms with van der Waals surface area (Å²) in [5, 5.41) is 11.6. The summed E-state index contributed by atoms with van der Waals surface area (Å²) in [5.41, 5.74) is 0.576. The topological polar surface area (TPSA) is 117 Å². The highest BCUT2D eigenvalue weighted by molar-refractivity contribution is 6.03. The molecule has 0 fully saturated rings. The van der Waals surface area contributed by atoms with Gasteiger partial charge in [-0.3, -0.25) is 4.79 Å². The van der Waals surface area contributed by atoms with E-state index in [0.29, 0.717) is 16.7 Å². The number of amides is 1. The predicted octanol–water partition coefficient (Wildman–Crippen LogP) is 4.23. The summed E-state index contributed by atoms with van der Waals surface area (Å²) in [6.45, 7) is 0. The van der Waals surface area contributed by atoms with Crippen molar-refractivity contribution in [2.45, 2.75) is 12.3 Å². The van der Waals surface area contributed by atoms with Crippen molar-refractivity contribution in [3.05, 3.63) is 82.9 Å². The third-order valence-electron chi connectivity index (χ3n) is 4.75. The second kappa shape index (κ2) is 8.68. The molecule has 33 heavy (non-hydrogen) atoms. The molecule has 0 aliphatic heterocycles. The van der Waals surface area contributed by atoms with Crippen molar-refractivity contribution >= 4 is 22.9 Å². The van der Waals surface area contributed by atoms with Crippen LogP contribution in [0.2, 0.25) is 0 Å². The molecule has 1 amide bonds. The number of fused-ring (bicyclic) bond motifs is 1. The number of rotatable bonds is 5. The zero-order valence-electron chi connectivity index (χ0n) is 17.0. The highest BCUT2D eigenvalue weighted by Gasteiger charge is 2.31. The lowest BCUT2D eigenvalue weighted by Crippen LogP contribution is -2.13. The Balaban J connectivity index is 1.54. The lowest BCUT2D eigenvalue weighted by atomic mass is 10.1. The quantitative estimate of drug-likeness (QED) is 0.468. The van der Waals surface area contributed by atoms with Crippen LogP contribution in [-0.2, 0) is 10.9 Å². The first-order valence-corrected chi connectivity index (χ1v) is 9.51. The van der Waals surface area contributed by atoms with Gasteiger partial charge in [0.15, 0.2) is 5.65 Å². The summed E-state index contributed by atoms with van der Waals surface area (Å²) >= 11 is 0. The minimum Gasteiger partial charge on any atom is -0.369 e. The number of pyridine rings is 2. The third-order valence-corrected chi connectivity index (χ3v) is 4.75. The van der Waals surface area contributed by atoms with Crippen molar-refractivity contribution in [3.8, 4) is 6.07 Å². The van der Waals surface area contributed by atoms with Crippen molar-refractivity contribution in [1.29, 1.82) is 5.26 Å². The Kier molecular flexibility index (Phi) is 5.76. The molecule has 4 aromatic rings. The zero-order chi connectivity index (χ0) is 23.6. The average Bonchev–Trinajstić information content (AvgIpc) is 3.23. The van der Waals surface area contributed by atoms with Gasteiger partial charge in [0.2, 0.25) is 0 Å². The number of aromatic nitrogens is 4. The van der Waals surface area contributed by atoms with Gasteiger partial charge in [-0.2, -0.15) is 18.4 Å². The van der Waals surface area contributed by atoms with Gasteiger partial charge >= 0.3 is 6.18 Å². The summed E-state index contributed by atoms with van der Waals surface area (Å²) in [6.07, 6.45) is -3.09. The highest BCUT2D eigenvalue weighted by atomic mass is 19.4. The van der Waals surface area contributed by atoms with Crippen molar-refractivity contribution < 1.29 is 22.7 Å². The number of aromatic amines is 1. The van der Waals surface area contributed by atoms with Crippen LogP contribution in [0.25, 0.3) is 11.2 Å². The van der Waals surface area contributed by atoms with Gasteiger partial charge < -0.3 is 15.0 Å². The number of alkyl halides is 3. The number of benzene rings is 1. The molecule has 1 atom stereocenters. The monoisotopic (exact) mass is 452 g/mol. The van der Waals surface area contributed by atoms with Crippen LogP contribution in [-0.4, -0.2) is 33.0 Å². The minimum absolute atomic E-state index is 0.122. The van der Waals surface area contributed by atoms with Crippen molar-refractivity contribution in [1.82, 2.24) is 19.9 Å². The molecule has 0 spiro atoms. The summed E-state index contributed by atoms with van der Waals surface area (Å²) in [7, 11) is 1.42. The van der Waals surface area contributed by atoms with E-state index in [1.54, 1.807) is 30.3 Å². The number of anilines is 1. The van der Waals surface area contributed by atoms with E-state index in [0.717, 1.165) is 12.3 Å². The highest BCUT2D eigenvalue weighted by Crippen LogP contribution is 2.31. The summed E-state index contributed by atoms with van der Waals surface area (Å²) in [4.78, 5) is 27.4. The molecule has 11 heteroatoms. The summed E-state index contributed by atoms with van der Waals surface area (Å²) in [5.74, 6) is 0.0905. The van der Waals surface area contributed by atoms with E-state index in [9.17, 15) is 18.0 Å².